The first-order chi connectivity index (χ1) is 9.95. The molecule has 0 aliphatic heterocycles. The minimum Gasteiger partial charge on any atom is -0.387 e. The zero-order chi connectivity index (χ0) is 15.4. The number of aromatic nitrogens is 2. The quantitative estimate of drug-likeness (QED) is 0.918. The molecule has 0 amide bonds. The van der Waals surface area contributed by atoms with E-state index in [0.717, 1.165) is 12.0 Å². The summed E-state index contributed by atoms with van der Waals surface area (Å²) in [6.07, 6.45) is 1.80. The molecular formula is C17H22N2O2. The van der Waals surface area contributed by atoms with Crippen LogP contribution in [0.5, 0.6) is 0 Å². The van der Waals surface area contributed by atoms with Crippen LogP contribution in [0.1, 0.15) is 36.8 Å². The Kier molecular flexibility index (Phi) is 4.91. The van der Waals surface area contributed by atoms with Crippen LogP contribution in [0.15, 0.2) is 41.5 Å². The molecular weight excluding hydrogens is 264 g/mol. The van der Waals surface area contributed by atoms with E-state index in [-0.39, 0.29) is 12.1 Å². The van der Waals surface area contributed by atoms with Gasteiger partial charge < -0.3 is 5.11 Å². The van der Waals surface area contributed by atoms with Crippen molar-refractivity contribution in [2.45, 2.75) is 39.8 Å². The highest BCUT2D eigenvalue weighted by molar-refractivity contribution is 5.24. The van der Waals surface area contributed by atoms with Gasteiger partial charge >= 0.3 is 0 Å². The molecule has 0 radical (unpaired) electrons. The number of aliphatic hydroxyl groups excluding tert-OH is 1. The van der Waals surface area contributed by atoms with Gasteiger partial charge in [0.1, 0.15) is 0 Å². The zero-order valence-electron chi connectivity index (χ0n) is 12.8. The van der Waals surface area contributed by atoms with Crippen LogP contribution in [0.3, 0.4) is 0 Å². The van der Waals surface area contributed by atoms with E-state index in [0.29, 0.717) is 11.6 Å². The summed E-state index contributed by atoms with van der Waals surface area (Å²) < 4.78 is 1.43. The largest absolute Gasteiger partial charge is 0.387 e. The van der Waals surface area contributed by atoms with Crippen LogP contribution in [0, 0.1) is 12.8 Å². The lowest BCUT2D eigenvalue weighted by molar-refractivity contribution is 0.154. The third kappa shape index (κ3) is 4.26. The van der Waals surface area contributed by atoms with E-state index in [2.05, 4.69) is 18.8 Å². The van der Waals surface area contributed by atoms with Crippen molar-refractivity contribution in [3.05, 3.63) is 63.8 Å². The van der Waals surface area contributed by atoms with Crippen LogP contribution in [0.2, 0.25) is 0 Å². The highest BCUT2D eigenvalue weighted by Crippen LogP contribution is 2.17. The van der Waals surface area contributed by atoms with Gasteiger partial charge in [0, 0.05) is 11.8 Å². The van der Waals surface area contributed by atoms with Crippen LogP contribution in [-0.4, -0.2) is 14.7 Å². The van der Waals surface area contributed by atoms with Gasteiger partial charge in [-0.1, -0.05) is 38.1 Å². The predicted octanol–water partition coefficient (Wildman–Crippen LogP) is 2.48. The normalized spacial score (nSPS) is 12.6. The maximum absolute atomic E-state index is 11.8. The fourth-order valence-corrected chi connectivity index (χ4v) is 2.29. The second-order valence-electron chi connectivity index (χ2n) is 5.88. The van der Waals surface area contributed by atoms with E-state index < -0.39 is 6.10 Å². The molecule has 1 atom stereocenters. The zero-order valence-corrected chi connectivity index (χ0v) is 12.8. The Balaban J connectivity index is 2.09. The van der Waals surface area contributed by atoms with Crippen molar-refractivity contribution in [2.24, 2.45) is 5.92 Å². The lowest BCUT2D eigenvalue weighted by Crippen LogP contribution is -2.23. The molecule has 0 saturated carbocycles. The minimum atomic E-state index is -0.708. The molecule has 1 aromatic heterocycles. The van der Waals surface area contributed by atoms with Gasteiger partial charge in [-0.05, 0) is 30.4 Å². The van der Waals surface area contributed by atoms with E-state index in [9.17, 15) is 9.90 Å². The molecule has 0 bridgehead atoms. The van der Waals surface area contributed by atoms with Crippen molar-refractivity contribution in [1.29, 1.82) is 0 Å². The second kappa shape index (κ2) is 6.68. The number of aliphatic hydroxyl groups is 1. The Labute approximate surface area is 125 Å². The highest BCUT2D eigenvalue weighted by atomic mass is 16.3. The van der Waals surface area contributed by atoms with Gasteiger partial charge in [-0.3, -0.25) is 9.36 Å². The molecule has 1 N–H and O–H groups in total. The first-order valence-corrected chi connectivity index (χ1v) is 7.25. The number of hydrogen-bond donors (Lipinski definition) is 1. The second-order valence-corrected chi connectivity index (χ2v) is 5.88. The first kappa shape index (κ1) is 15.4. The average molecular weight is 286 g/mol. The van der Waals surface area contributed by atoms with Gasteiger partial charge in [0.25, 0.3) is 5.56 Å². The molecule has 4 heteroatoms. The Hall–Kier alpha value is -1.94. The monoisotopic (exact) mass is 286 g/mol. The smallest absolute Gasteiger partial charge is 0.253 e. The molecule has 2 aromatic rings. The van der Waals surface area contributed by atoms with E-state index in [1.165, 1.54) is 22.5 Å². The summed E-state index contributed by atoms with van der Waals surface area (Å²) in [7, 11) is 0. The Morgan fingerprint density at radius 2 is 1.90 bits per heavy atom. The molecule has 0 spiro atoms. The molecule has 21 heavy (non-hydrogen) atoms. The molecule has 0 aliphatic rings. The molecule has 1 aromatic carbocycles. The first-order valence-electron chi connectivity index (χ1n) is 7.25. The topological polar surface area (TPSA) is 55.1 Å². The molecule has 0 fully saturated rings. The van der Waals surface area contributed by atoms with Crippen LogP contribution in [0.4, 0.5) is 0 Å². The van der Waals surface area contributed by atoms with E-state index in [1.54, 1.807) is 6.92 Å². The lowest BCUT2D eigenvalue weighted by atomic mass is 10.0. The van der Waals surface area contributed by atoms with Crippen LogP contribution >= 0.6 is 0 Å². The summed E-state index contributed by atoms with van der Waals surface area (Å²) in [4.78, 5) is 15.9. The molecule has 1 unspecified atom stereocenters. The summed E-state index contributed by atoms with van der Waals surface area (Å²) in [5.41, 5.74) is 2.62. The molecule has 0 aliphatic carbocycles. The van der Waals surface area contributed by atoms with Crippen molar-refractivity contribution in [3.63, 3.8) is 0 Å². The van der Waals surface area contributed by atoms with Crippen molar-refractivity contribution in [3.8, 4) is 0 Å². The Morgan fingerprint density at radius 3 is 2.48 bits per heavy atom. The van der Waals surface area contributed by atoms with Crippen molar-refractivity contribution >= 4 is 0 Å². The summed E-state index contributed by atoms with van der Waals surface area (Å²) in [5.74, 6) is 0.609. The van der Waals surface area contributed by atoms with E-state index >= 15 is 0 Å². The number of benzene rings is 1. The van der Waals surface area contributed by atoms with Gasteiger partial charge in [-0.15, -0.1) is 0 Å². The molecule has 2 rings (SSSR count). The molecule has 1 heterocycles. The fourth-order valence-electron chi connectivity index (χ4n) is 2.29. The van der Waals surface area contributed by atoms with Crippen molar-refractivity contribution < 1.29 is 5.11 Å². The SMILES string of the molecule is Cc1cc(=O)n(CC(O)c2ccc(CC(C)C)cc2)cn1. The van der Waals surface area contributed by atoms with Crippen molar-refractivity contribution in [2.75, 3.05) is 0 Å². The van der Waals surface area contributed by atoms with Gasteiger partial charge in [-0.2, -0.15) is 0 Å². The predicted molar refractivity (Wildman–Crippen MR) is 83.2 cm³/mol. The highest BCUT2D eigenvalue weighted by Gasteiger charge is 2.10. The minimum absolute atomic E-state index is 0.141. The molecule has 4 nitrogen and oxygen atoms in total. The number of aryl methyl sites for hydroxylation is 1. The van der Waals surface area contributed by atoms with Crippen LogP contribution < -0.4 is 5.56 Å². The third-order valence-electron chi connectivity index (χ3n) is 3.39. The summed E-state index contributed by atoms with van der Waals surface area (Å²) >= 11 is 0. The van der Waals surface area contributed by atoms with Gasteiger partial charge in [0.05, 0.1) is 19.0 Å². The standard InChI is InChI=1S/C17H22N2O2/c1-12(2)8-14-4-6-15(7-5-14)16(20)10-19-11-18-13(3)9-17(19)21/h4-7,9,11-12,16,20H,8,10H2,1-3H3. The number of nitrogens with zero attached hydrogens (tertiary/aromatic N) is 2. The maximum atomic E-state index is 11.8. The summed E-state index contributed by atoms with van der Waals surface area (Å²) in [5, 5.41) is 10.3. The van der Waals surface area contributed by atoms with Gasteiger partial charge in [0.2, 0.25) is 0 Å². The Bertz CT molecular complexity index is 645. The summed E-state index contributed by atoms with van der Waals surface area (Å²) in [6, 6.07) is 9.39. The third-order valence-corrected chi connectivity index (χ3v) is 3.39. The number of hydrogen-bond acceptors (Lipinski definition) is 3. The lowest BCUT2D eigenvalue weighted by Gasteiger charge is -2.14. The fraction of sp³-hybridized carbons (Fsp3) is 0.412. The van der Waals surface area contributed by atoms with E-state index in [4.69, 9.17) is 0 Å². The molecule has 0 saturated heterocycles. The maximum Gasteiger partial charge on any atom is 0.253 e. The van der Waals surface area contributed by atoms with E-state index in [1.807, 2.05) is 24.3 Å². The number of rotatable bonds is 5. The molecule has 112 valence electrons. The Morgan fingerprint density at radius 1 is 1.24 bits per heavy atom. The average Bonchev–Trinajstić information content (AvgIpc) is 2.42. The van der Waals surface area contributed by atoms with Crippen LogP contribution in [-0.2, 0) is 13.0 Å². The summed E-state index contributed by atoms with van der Waals surface area (Å²) in [6.45, 7) is 6.35. The van der Waals surface area contributed by atoms with Gasteiger partial charge in [-0.25, -0.2) is 4.98 Å². The van der Waals surface area contributed by atoms with Crippen molar-refractivity contribution in [1.82, 2.24) is 9.55 Å². The van der Waals surface area contributed by atoms with Gasteiger partial charge in [0.15, 0.2) is 0 Å². The van der Waals surface area contributed by atoms with Crippen LogP contribution in [0.25, 0.3) is 0 Å².